The van der Waals surface area contributed by atoms with Gasteiger partial charge in [0.15, 0.2) is 5.76 Å². The Kier molecular flexibility index (Phi) is 5.64. The molecule has 1 N–H and O–H groups in total. The van der Waals surface area contributed by atoms with Crippen molar-refractivity contribution in [2.45, 2.75) is 25.3 Å². The average Bonchev–Trinajstić information content (AvgIpc) is 3.14. The van der Waals surface area contributed by atoms with Gasteiger partial charge in [-0.15, -0.1) is 0 Å². The number of nitrogens with zero attached hydrogens (tertiary/aromatic N) is 2. The smallest absolute Gasteiger partial charge is 0.168 e. The van der Waals surface area contributed by atoms with Gasteiger partial charge in [-0.1, -0.05) is 23.4 Å². The Morgan fingerprint density at radius 2 is 1.96 bits per heavy atom. The van der Waals surface area contributed by atoms with E-state index in [9.17, 15) is 0 Å². The van der Waals surface area contributed by atoms with Crippen molar-refractivity contribution in [1.29, 1.82) is 0 Å². The molecule has 1 atom stereocenters. The van der Waals surface area contributed by atoms with E-state index in [2.05, 4.69) is 15.5 Å². The van der Waals surface area contributed by atoms with Crippen molar-refractivity contribution in [2.75, 3.05) is 19.8 Å². The van der Waals surface area contributed by atoms with E-state index in [1.165, 1.54) is 0 Å². The second-order valence-electron chi connectivity index (χ2n) is 6.61. The molecule has 1 fully saturated rings. The van der Waals surface area contributed by atoms with E-state index in [-0.39, 0.29) is 0 Å². The minimum atomic E-state index is 0.448. The number of ether oxygens (including phenoxy) is 2. The van der Waals surface area contributed by atoms with Crippen LogP contribution >= 0.6 is 0 Å². The van der Waals surface area contributed by atoms with Crippen molar-refractivity contribution < 1.29 is 14.0 Å². The third-order valence-electron chi connectivity index (χ3n) is 4.52. The van der Waals surface area contributed by atoms with Gasteiger partial charge >= 0.3 is 0 Å². The van der Waals surface area contributed by atoms with E-state index in [1.807, 2.05) is 42.5 Å². The van der Waals surface area contributed by atoms with E-state index in [1.54, 1.807) is 12.4 Å². The van der Waals surface area contributed by atoms with E-state index in [0.29, 0.717) is 25.0 Å². The zero-order chi connectivity index (χ0) is 18.3. The molecule has 6 heteroatoms. The quantitative estimate of drug-likeness (QED) is 0.586. The van der Waals surface area contributed by atoms with Crippen molar-refractivity contribution in [3.63, 3.8) is 0 Å². The molecule has 0 aliphatic carbocycles. The highest BCUT2D eigenvalue weighted by molar-refractivity contribution is 5.58. The molecule has 1 aromatic carbocycles. The molecule has 0 bridgehead atoms. The Labute approximate surface area is 158 Å². The molecule has 1 saturated heterocycles. The summed E-state index contributed by atoms with van der Waals surface area (Å²) in [6, 6.07) is 14.2. The topological polar surface area (TPSA) is 69.4 Å². The molecule has 3 heterocycles. The standard InChI is InChI=1S/C21H23N3O3/c1-2-6-19(7-3-1)25-10-4-5-17-12-21(27-24-17)16-11-20(14-22-13-16)26-15-18-8-9-23-18/h1-3,6-7,11-14,18,23H,4-5,8-10,15H2/t18-/m0/s1. The number of nitrogens with one attached hydrogen (secondary N) is 1. The largest absolute Gasteiger partial charge is 0.494 e. The molecule has 0 amide bonds. The number of hydrogen-bond acceptors (Lipinski definition) is 6. The van der Waals surface area contributed by atoms with Crippen molar-refractivity contribution in [3.8, 4) is 22.8 Å². The molecule has 0 unspecified atom stereocenters. The maximum atomic E-state index is 5.80. The Morgan fingerprint density at radius 1 is 1.07 bits per heavy atom. The van der Waals surface area contributed by atoms with Gasteiger partial charge in [-0.2, -0.15) is 0 Å². The van der Waals surface area contributed by atoms with E-state index >= 15 is 0 Å². The van der Waals surface area contributed by atoms with E-state index < -0.39 is 0 Å². The van der Waals surface area contributed by atoms with Crippen LogP contribution < -0.4 is 14.8 Å². The summed E-state index contributed by atoms with van der Waals surface area (Å²) >= 11 is 0. The van der Waals surface area contributed by atoms with Crippen molar-refractivity contribution >= 4 is 0 Å². The van der Waals surface area contributed by atoms with Crippen molar-refractivity contribution in [1.82, 2.24) is 15.5 Å². The Balaban J connectivity index is 1.28. The molecule has 2 aromatic heterocycles. The van der Waals surface area contributed by atoms with Gasteiger partial charge in [0.05, 0.1) is 18.5 Å². The minimum Gasteiger partial charge on any atom is -0.494 e. The first kappa shape index (κ1) is 17.5. The lowest BCUT2D eigenvalue weighted by Gasteiger charge is -2.27. The lowest BCUT2D eigenvalue weighted by atomic mass is 10.1. The van der Waals surface area contributed by atoms with Gasteiger partial charge in [0.2, 0.25) is 0 Å². The van der Waals surface area contributed by atoms with Crippen LogP contribution in [-0.4, -0.2) is 35.9 Å². The SMILES string of the molecule is c1ccc(OCCCc2cc(-c3cncc(OC[C@@H]4CCN4)c3)on2)cc1. The predicted octanol–water partition coefficient (Wildman–Crippen LogP) is 3.49. The fraction of sp³-hybridized carbons (Fsp3) is 0.333. The summed E-state index contributed by atoms with van der Waals surface area (Å²) in [5.41, 5.74) is 1.78. The molecule has 0 radical (unpaired) electrons. The molecular formula is C21H23N3O3. The molecule has 27 heavy (non-hydrogen) atoms. The summed E-state index contributed by atoms with van der Waals surface area (Å²) in [6.45, 7) is 2.38. The third-order valence-corrected chi connectivity index (χ3v) is 4.52. The summed E-state index contributed by atoms with van der Waals surface area (Å²) in [5, 5.41) is 7.47. The number of aromatic nitrogens is 2. The molecule has 1 aliphatic heterocycles. The number of benzene rings is 1. The highest BCUT2D eigenvalue weighted by Crippen LogP contribution is 2.24. The number of rotatable bonds is 9. The van der Waals surface area contributed by atoms with Crippen LogP contribution in [0.25, 0.3) is 11.3 Å². The van der Waals surface area contributed by atoms with E-state index in [4.69, 9.17) is 14.0 Å². The maximum Gasteiger partial charge on any atom is 0.168 e. The van der Waals surface area contributed by atoms with Crippen LogP contribution in [0.15, 0.2) is 59.4 Å². The van der Waals surface area contributed by atoms with Gasteiger partial charge in [-0.3, -0.25) is 4.98 Å². The summed E-state index contributed by atoms with van der Waals surface area (Å²) in [6.07, 6.45) is 6.31. The fourth-order valence-electron chi connectivity index (χ4n) is 2.85. The molecule has 1 aliphatic rings. The minimum absolute atomic E-state index is 0.448. The number of para-hydroxylation sites is 1. The highest BCUT2D eigenvalue weighted by Gasteiger charge is 2.17. The van der Waals surface area contributed by atoms with Crippen molar-refractivity contribution in [2.24, 2.45) is 0 Å². The van der Waals surface area contributed by atoms with Gasteiger partial charge in [0, 0.05) is 23.9 Å². The summed E-state index contributed by atoms with van der Waals surface area (Å²) in [7, 11) is 0. The van der Waals surface area contributed by atoms with Gasteiger partial charge in [0.1, 0.15) is 18.1 Å². The zero-order valence-corrected chi connectivity index (χ0v) is 15.1. The summed E-state index contributed by atoms with van der Waals surface area (Å²) < 4.78 is 17.0. The average molecular weight is 365 g/mol. The predicted molar refractivity (Wildman–Crippen MR) is 102 cm³/mol. The fourth-order valence-corrected chi connectivity index (χ4v) is 2.85. The Bertz CT molecular complexity index is 847. The van der Waals surface area contributed by atoms with Crippen LogP contribution in [-0.2, 0) is 6.42 Å². The Hall–Kier alpha value is -2.86. The monoisotopic (exact) mass is 365 g/mol. The van der Waals surface area contributed by atoms with Gasteiger partial charge in [-0.25, -0.2) is 0 Å². The number of aryl methyl sites for hydroxylation is 1. The first-order valence-electron chi connectivity index (χ1n) is 9.32. The van der Waals surface area contributed by atoms with Crippen molar-refractivity contribution in [3.05, 3.63) is 60.6 Å². The second-order valence-corrected chi connectivity index (χ2v) is 6.61. The zero-order valence-electron chi connectivity index (χ0n) is 15.1. The van der Waals surface area contributed by atoms with Gasteiger partial charge < -0.3 is 19.3 Å². The van der Waals surface area contributed by atoms with E-state index in [0.717, 1.165) is 48.6 Å². The second kappa shape index (κ2) is 8.68. The normalized spacial score (nSPS) is 15.9. The van der Waals surface area contributed by atoms with Crippen LogP contribution in [0.4, 0.5) is 0 Å². The molecular weight excluding hydrogens is 342 g/mol. The van der Waals surface area contributed by atoms with Gasteiger partial charge in [-0.05, 0) is 44.0 Å². The van der Waals surface area contributed by atoms with Gasteiger partial charge in [0.25, 0.3) is 0 Å². The van der Waals surface area contributed by atoms with Crippen LogP contribution in [0, 0.1) is 0 Å². The first-order valence-corrected chi connectivity index (χ1v) is 9.32. The molecule has 0 saturated carbocycles. The molecule has 4 rings (SSSR count). The van der Waals surface area contributed by atoms with Crippen LogP contribution in [0.3, 0.4) is 0 Å². The summed E-state index contributed by atoms with van der Waals surface area (Å²) in [5.74, 6) is 2.34. The molecule has 3 aromatic rings. The first-order chi connectivity index (χ1) is 13.4. The highest BCUT2D eigenvalue weighted by atomic mass is 16.5. The molecule has 0 spiro atoms. The maximum absolute atomic E-state index is 5.80. The number of hydrogen-bond donors (Lipinski definition) is 1. The van der Waals surface area contributed by atoms with Crippen LogP contribution in [0.5, 0.6) is 11.5 Å². The lowest BCUT2D eigenvalue weighted by molar-refractivity contribution is 0.217. The van der Waals surface area contributed by atoms with Crippen LogP contribution in [0.1, 0.15) is 18.5 Å². The Morgan fingerprint density at radius 3 is 2.78 bits per heavy atom. The third kappa shape index (κ3) is 4.86. The number of pyridine rings is 1. The molecule has 140 valence electrons. The summed E-state index contributed by atoms with van der Waals surface area (Å²) in [4.78, 5) is 4.25. The van der Waals surface area contributed by atoms with Crippen LogP contribution in [0.2, 0.25) is 0 Å². The molecule has 6 nitrogen and oxygen atoms in total. The lowest BCUT2D eigenvalue weighted by Crippen LogP contribution is -2.46.